The van der Waals surface area contributed by atoms with Crippen LogP contribution in [0.1, 0.15) is 52.7 Å². The molecule has 1 N–H and O–H groups in total. The van der Waals surface area contributed by atoms with E-state index in [9.17, 15) is 0 Å². The molecule has 0 aromatic carbocycles. The Balaban J connectivity index is 2.60. The maximum atomic E-state index is 5.49. The first-order valence-corrected chi connectivity index (χ1v) is 8.15. The lowest BCUT2D eigenvalue weighted by molar-refractivity contribution is 0.127. The zero-order valence-corrected chi connectivity index (χ0v) is 13.7. The van der Waals surface area contributed by atoms with Crippen LogP contribution in [-0.2, 0) is 6.54 Å². The Kier molecular flexibility index (Phi) is 7.93. The van der Waals surface area contributed by atoms with Crippen LogP contribution in [0.25, 0.3) is 0 Å². The first-order valence-electron chi connectivity index (χ1n) is 8.15. The van der Waals surface area contributed by atoms with Crippen molar-refractivity contribution in [2.24, 2.45) is 5.41 Å². The summed E-state index contributed by atoms with van der Waals surface area (Å²) >= 11 is 0. The lowest BCUT2D eigenvalue weighted by Gasteiger charge is -2.37. The molecule has 0 atom stereocenters. The summed E-state index contributed by atoms with van der Waals surface area (Å²) in [7, 11) is 0. The highest BCUT2D eigenvalue weighted by molar-refractivity contribution is 4.98. The van der Waals surface area contributed by atoms with Gasteiger partial charge in [-0.05, 0) is 49.9 Å². The lowest BCUT2D eigenvalue weighted by Crippen LogP contribution is -2.43. The zero-order valence-electron chi connectivity index (χ0n) is 13.7. The molecule has 0 bridgehead atoms. The predicted molar refractivity (Wildman–Crippen MR) is 85.8 cm³/mol. The summed E-state index contributed by atoms with van der Waals surface area (Å²) < 4.78 is 5.49. The van der Waals surface area contributed by atoms with Gasteiger partial charge in [-0.15, -0.1) is 0 Å². The van der Waals surface area contributed by atoms with Gasteiger partial charge in [-0.2, -0.15) is 0 Å². The fourth-order valence-corrected chi connectivity index (χ4v) is 2.69. The average Bonchev–Trinajstić information content (AvgIpc) is 2.98. The molecule has 1 heterocycles. The summed E-state index contributed by atoms with van der Waals surface area (Å²) in [5.74, 6) is 1.06. The van der Waals surface area contributed by atoms with E-state index in [2.05, 4.69) is 44.0 Å². The zero-order chi connectivity index (χ0) is 14.8. The van der Waals surface area contributed by atoms with E-state index in [0.717, 1.165) is 38.5 Å². The van der Waals surface area contributed by atoms with Crippen molar-refractivity contribution >= 4 is 0 Å². The van der Waals surface area contributed by atoms with Gasteiger partial charge in [0.2, 0.25) is 0 Å². The summed E-state index contributed by atoms with van der Waals surface area (Å²) in [6.45, 7) is 14.4. The van der Waals surface area contributed by atoms with E-state index in [1.165, 1.54) is 19.3 Å². The van der Waals surface area contributed by atoms with Crippen LogP contribution in [0.4, 0.5) is 0 Å². The van der Waals surface area contributed by atoms with Crippen LogP contribution in [0.3, 0.4) is 0 Å². The van der Waals surface area contributed by atoms with Crippen molar-refractivity contribution in [2.75, 3.05) is 26.2 Å². The number of nitrogens with one attached hydrogen (secondary N) is 1. The Morgan fingerprint density at radius 1 is 1.20 bits per heavy atom. The number of nitrogens with zero attached hydrogens (tertiary/aromatic N) is 1. The standard InChI is InChI=1S/C17H32N2O/c1-5-11-18-14-17(6-2,7-3)15-19(8-4)13-16-10-9-12-20-16/h9-10,12,18H,5-8,11,13-15H2,1-4H3. The molecule has 0 spiro atoms. The third kappa shape index (κ3) is 5.29. The summed E-state index contributed by atoms with van der Waals surface area (Å²) in [4.78, 5) is 2.50. The molecule has 1 aromatic heterocycles. The fourth-order valence-electron chi connectivity index (χ4n) is 2.69. The molecule has 1 aromatic rings. The van der Waals surface area contributed by atoms with Gasteiger partial charge in [-0.1, -0.05) is 27.7 Å². The van der Waals surface area contributed by atoms with Crippen LogP contribution in [-0.4, -0.2) is 31.1 Å². The highest BCUT2D eigenvalue weighted by Gasteiger charge is 2.28. The first kappa shape index (κ1) is 17.3. The Morgan fingerprint density at radius 2 is 1.95 bits per heavy atom. The molecule has 0 unspecified atom stereocenters. The van der Waals surface area contributed by atoms with Crippen molar-refractivity contribution < 1.29 is 4.42 Å². The van der Waals surface area contributed by atoms with Crippen LogP contribution in [0.15, 0.2) is 22.8 Å². The van der Waals surface area contributed by atoms with Gasteiger partial charge in [0.25, 0.3) is 0 Å². The molecule has 1 rings (SSSR count). The van der Waals surface area contributed by atoms with Crippen LogP contribution in [0, 0.1) is 5.41 Å². The molecule has 0 aliphatic carbocycles. The number of rotatable bonds is 11. The lowest BCUT2D eigenvalue weighted by atomic mass is 9.81. The van der Waals surface area contributed by atoms with Crippen molar-refractivity contribution in [1.82, 2.24) is 10.2 Å². The number of hydrogen-bond acceptors (Lipinski definition) is 3. The Labute approximate surface area is 124 Å². The van der Waals surface area contributed by atoms with E-state index in [0.29, 0.717) is 5.41 Å². The average molecular weight is 280 g/mol. The first-order chi connectivity index (χ1) is 9.69. The molecule has 0 radical (unpaired) electrons. The maximum Gasteiger partial charge on any atom is 0.117 e. The molecule has 0 aliphatic rings. The Bertz CT molecular complexity index is 331. The van der Waals surface area contributed by atoms with Gasteiger partial charge in [0.05, 0.1) is 12.8 Å². The summed E-state index contributed by atoms with van der Waals surface area (Å²) in [5.41, 5.74) is 0.373. The van der Waals surface area contributed by atoms with E-state index in [4.69, 9.17) is 4.42 Å². The van der Waals surface area contributed by atoms with Crippen molar-refractivity contribution in [1.29, 1.82) is 0 Å². The molecule has 0 saturated heterocycles. The van der Waals surface area contributed by atoms with E-state index in [1.54, 1.807) is 6.26 Å². The summed E-state index contributed by atoms with van der Waals surface area (Å²) in [6.07, 6.45) is 5.40. The highest BCUT2D eigenvalue weighted by Crippen LogP contribution is 2.27. The maximum absolute atomic E-state index is 5.49. The minimum absolute atomic E-state index is 0.373. The quantitative estimate of drug-likeness (QED) is 0.623. The molecule has 116 valence electrons. The molecule has 0 saturated carbocycles. The van der Waals surface area contributed by atoms with Gasteiger partial charge >= 0.3 is 0 Å². The van der Waals surface area contributed by atoms with Crippen molar-refractivity contribution in [3.63, 3.8) is 0 Å². The van der Waals surface area contributed by atoms with Crippen molar-refractivity contribution in [3.8, 4) is 0 Å². The van der Waals surface area contributed by atoms with Crippen LogP contribution in [0.2, 0.25) is 0 Å². The van der Waals surface area contributed by atoms with Crippen molar-refractivity contribution in [2.45, 2.75) is 53.5 Å². The van der Waals surface area contributed by atoms with E-state index in [1.807, 2.05) is 6.07 Å². The largest absolute Gasteiger partial charge is 0.468 e. The van der Waals surface area contributed by atoms with Gasteiger partial charge in [0, 0.05) is 13.1 Å². The molecule has 20 heavy (non-hydrogen) atoms. The van der Waals surface area contributed by atoms with E-state index < -0.39 is 0 Å². The van der Waals surface area contributed by atoms with Gasteiger partial charge in [0.1, 0.15) is 5.76 Å². The molecule has 3 nitrogen and oxygen atoms in total. The minimum atomic E-state index is 0.373. The predicted octanol–water partition coefficient (Wildman–Crippen LogP) is 3.91. The number of hydrogen-bond donors (Lipinski definition) is 1. The summed E-state index contributed by atoms with van der Waals surface area (Å²) in [5, 5.41) is 3.62. The second-order valence-corrected chi connectivity index (χ2v) is 5.77. The summed E-state index contributed by atoms with van der Waals surface area (Å²) in [6, 6.07) is 4.04. The third-order valence-corrected chi connectivity index (χ3v) is 4.39. The van der Waals surface area contributed by atoms with Crippen LogP contribution < -0.4 is 5.32 Å². The Morgan fingerprint density at radius 3 is 2.45 bits per heavy atom. The second kappa shape index (κ2) is 9.19. The molecular formula is C17H32N2O. The van der Waals surface area contributed by atoms with E-state index in [-0.39, 0.29) is 0 Å². The van der Waals surface area contributed by atoms with Gasteiger partial charge < -0.3 is 9.73 Å². The normalized spacial score (nSPS) is 12.2. The molecule has 0 amide bonds. The van der Waals surface area contributed by atoms with Gasteiger partial charge in [-0.25, -0.2) is 0 Å². The molecular weight excluding hydrogens is 248 g/mol. The third-order valence-electron chi connectivity index (χ3n) is 4.39. The smallest absolute Gasteiger partial charge is 0.117 e. The van der Waals surface area contributed by atoms with Crippen molar-refractivity contribution in [3.05, 3.63) is 24.2 Å². The van der Waals surface area contributed by atoms with E-state index >= 15 is 0 Å². The van der Waals surface area contributed by atoms with Gasteiger partial charge in [0.15, 0.2) is 0 Å². The SMILES string of the molecule is CCCNCC(CC)(CC)CN(CC)Cc1ccco1. The number of furan rings is 1. The minimum Gasteiger partial charge on any atom is -0.468 e. The van der Waals surface area contributed by atoms with Crippen LogP contribution >= 0.6 is 0 Å². The topological polar surface area (TPSA) is 28.4 Å². The monoisotopic (exact) mass is 280 g/mol. The molecule has 3 heteroatoms. The second-order valence-electron chi connectivity index (χ2n) is 5.77. The molecule has 0 aliphatic heterocycles. The molecule has 0 fully saturated rings. The van der Waals surface area contributed by atoms with Crippen LogP contribution in [0.5, 0.6) is 0 Å². The highest BCUT2D eigenvalue weighted by atomic mass is 16.3. The van der Waals surface area contributed by atoms with Gasteiger partial charge in [-0.3, -0.25) is 4.90 Å². The Hall–Kier alpha value is -0.800. The fraction of sp³-hybridized carbons (Fsp3) is 0.765.